The fourth-order valence-corrected chi connectivity index (χ4v) is 2.61. The number of hydrogen-bond acceptors (Lipinski definition) is 3. The van der Waals surface area contributed by atoms with Gasteiger partial charge in [-0.2, -0.15) is 5.10 Å². The molecule has 3 rings (SSSR count). The van der Waals surface area contributed by atoms with Gasteiger partial charge in [0.2, 0.25) is 0 Å². The molecule has 4 nitrogen and oxygen atoms in total. The molecule has 1 aromatic carbocycles. The van der Waals surface area contributed by atoms with Gasteiger partial charge in [-0.1, -0.05) is 15.9 Å². The van der Waals surface area contributed by atoms with Crippen LogP contribution >= 0.6 is 15.9 Å². The van der Waals surface area contributed by atoms with Crippen molar-refractivity contribution < 1.29 is 4.74 Å². The smallest absolute Gasteiger partial charge is 0.127 e. The molecule has 2 aromatic rings. The van der Waals surface area contributed by atoms with Crippen LogP contribution in [-0.2, 0) is 13.6 Å². The van der Waals surface area contributed by atoms with Crippen LogP contribution in [0.5, 0.6) is 5.75 Å². The molecule has 2 heterocycles. The van der Waals surface area contributed by atoms with Crippen molar-refractivity contribution in [2.75, 3.05) is 13.2 Å². The average Bonchev–Trinajstić information content (AvgIpc) is 2.84. The van der Waals surface area contributed by atoms with Gasteiger partial charge in [0.1, 0.15) is 12.4 Å². The van der Waals surface area contributed by atoms with Gasteiger partial charge in [-0.05, 0) is 29.8 Å². The first-order chi connectivity index (χ1) is 9.70. The highest BCUT2D eigenvalue weighted by Crippen LogP contribution is 2.28. The van der Waals surface area contributed by atoms with Crippen LogP contribution in [0.15, 0.2) is 40.6 Å². The maximum Gasteiger partial charge on any atom is 0.127 e. The summed E-state index contributed by atoms with van der Waals surface area (Å²) < 4.78 is 8.64. The number of nitrogens with zero attached hydrogens (tertiary/aromatic N) is 2. The normalized spacial score (nSPS) is 13.6. The lowest BCUT2D eigenvalue weighted by molar-refractivity contribution is 0.343. The second-order valence-electron chi connectivity index (χ2n) is 4.90. The Labute approximate surface area is 126 Å². The molecule has 1 aliphatic heterocycles. The van der Waals surface area contributed by atoms with Crippen LogP contribution in [0.2, 0.25) is 0 Å². The van der Waals surface area contributed by atoms with E-state index in [1.807, 2.05) is 36.3 Å². The Morgan fingerprint density at radius 2 is 2.30 bits per heavy atom. The van der Waals surface area contributed by atoms with Crippen molar-refractivity contribution in [3.63, 3.8) is 0 Å². The molecule has 1 N–H and O–H groups in total. The maximum absolute atomic E-state index is 5.75. The van der Waals surface area contributed by atoms with Crippen molar-refractivity contribution in [1.82, 2.24) is 15.1 Å². The summed E-state index contributed by atoms with van der Waals surface area (Å²) in [5.74, 6) is 0.948. The highest BCUT2D eigenvalue weighted by atomic mass is 79.9. The van der Waals surface area contributed by atoms with Crippen LogP contribution in [0.25, 0.3) is 6.08 Å². The number of rotatable bonds is 4. The zero-order valence-electron chi connectivity index (χ0n) is 11.3. The monoisotopic (exact) mass is 333 g/mol. The van der Waals surface area contributed by atoms with E-state index in [1.54, 1.807) is 0 Å². The minimum absolute atomic E-state index is 0.647. The molecule has 0 saturated carbocycles. The van der Waals surface area contributed by atoms with Gasteiger partial charge in [-0.25, -0.2) is 0 Å². The van der Waals surface area contributed by atoms with E-state index in [2.05, 4.69) is 38.5 Å². The third-order valence-electron chi connectivity index (χ3n) is 3.18. The topological polar surface area (TPSA) is 39.1 Å². The Morgan fingerprint density at radius 1 is 1.40 bits per heavy atom. The molecule has 0 bridgehead atoms. The Balaban J connectivity index is 1.61. The zero-order chi connectivity index (χ0) is 13.9. The van der Waals surface area contributed by atoms with E-state index >= 15 is 0 Å². The van der Waals surface area contributed by atoms with Crippen molar-refractivity contribution in [2.24, 2.45) is 7.05 Å². The maximum atomic E-state index is 5.75. The van der Waals surface area contributed by atoms with E-state index in [-0.39, 0.29) is 0 Å². The highest BCUT2D eigenvalue weighted by molar-refractivity contribution is 9.10. The predicted octanol–water partition coefficient (Wildman–Crippen LogP) is 2.75. The van der Waals surface area contributed by atoms with E-state index in [0.717, 1.165) is 28.9 Å². The van der Waals surface area contributed by atoms with E-state index in [1.165, 1.54) is 11.1 Å². The Hall–Kier alpha value is -1.59. The van der Waals surface area contributed by atoms with Crippen molar-refractivity contribution in [3.05, 3.63) is 51.8 Å². The molecular weight excluding hydrogens is 318 g/mol. The molecule has 1 aromatic heterocycles. The van der Waals surface area contributed by atoms with Crippen LogP contribution < -0.4 is 10.1 Å². The molecule has 0 atom stereocenters. The second kappa shape index (κ2) is 5.81. The molecule has 0 amide bonds. The zero-order valence-corrected chi connectivity index (χ0v) is 12.9. The van der Waals surface area contributed by atoms with Gasteiger partial charge in [0.05, 0.1) is 6.20 Å². The lowest BCUT2D eigenvalue weighted by atomic mass is 10.1. The van der Waals surface area contributed by atoms with E-state index < -0.39 is 0 Å². The second-order valence-corrected chi connectivity index (χ2v) is 5.81. The molecule has 0 aliphatic carbocycles. The van der Waals surface area contributed by atoms with Gasteiger partial charge in [-0.3, -0.25) is 4.68 Å². The lowest BCUT2D eigenvalue weighted by Crippen LogP contribution is -2.21. The Bertz CT molecular complexity index is 648. The molecule has 0 spiro atoms. The number of fused-ring (bicyclic) bond motifs is 1. The molecule has 104 valence electrons. The third kappa shape index (κ3) is 3.11. The van der Waals surface area contributed by atoms with E-state index in [0.29, 0.717) is 6.61 Å². The predicted molar refractivity (Wildman–Crippen MR) is 82.5 cm³/mol. The van der Waals surface area contributed by atoms with Crippen molar-refractivity contribution in [3.8, 4) is 5.75 Å². The minimum atomic E-state index is 0.647. The average molecular weight is 334 g/mol. The SMILES string of the molecule is Cn1cc(CNCC2=Cc3cc(Br)ccc3OC2)cn1. The summed E-state index contributed by atoms with van der Waals surface area (Å²) in [7, 11) is 1.93. The van der Waals surface area contributed by atoms with Gasteiger partial charge in [-0.15, -0.1) is 0 Å². The molecule has 20 heavy (non-hydrogen) atoms. The van der Waals surface area contributed by atoms with Gasteiger partial charge >= 0.3 is 0 Å². The molecule has 1 aliphatic rings. The number of nitrogens with one attached hydrogen (secondary N) is 1. The Kier molecular flexibility index (Phi) is 3.89. The van der Waals surface area contributed by atoms with Crippen molar-refractivity contribution in [1.29, 1.82) is 0 Å². The summed E-state index contributed by atoms with van der Waals surface area (Å²) in [6.07, 6.45) is 6.09. The first-order valence-corrected chi connectivity index (χ1v) is 7.30. The molecule has 0 saturated heterocycles. The number of aromatic nitrogens is 2. The van der Waals surface area contributed by atoms with Gasteiger partial charge in [0.25, 0.3) is 0 Å². The number of halogens is 1. The molecule has 0 radical (unpaired) electrons. The van der Waals surface area contributed by atoms with Crippen LogP contribution in [0, 0.1) is 0 Å². The number of hydrogen-bond donors (Lipinski definition) is 1. The third-order valence-corrected chi connectivity index (χ3v) is 3.68. The largest absolute Gasteiger partial charge is 0.489 e. The summed E-state index contributed by atoms with van der Waals surface area (Å²) in [6.45, 7) is 2.28. The van der Waals surface area contributed by atoms with E-state index in [4.69, 9.17) is 4.74 Å². The molecule has 0 unspecified atom stereocenters. The van der Waals surface area contributed by atoms with Crippen LogP contribution in [0.4, 0.5) is 0 Å². The molecule has 5 heteroatoms. The first kappa shape index (κ1) is 13.4. The molecular formula is C15H16BrN3O. The first-order valence-electron chi connectivity index (χ1n) is 6.51. The number of ether oxygens (including phenoxy) is 1. The van der Waals surface area contributed by atoms with Crippen LogP contribution in [0.1, 0.15) is 11.1 Å². The fourth-order valence-electron chi connectivity index (χ4n) is 2.23. The minimum Gasteiger partial charge on any atom is -0.489 e. The number of benzene rings is 1. The quantitative estimate of drug-likeness (QED) is 0.935. The van der Waals surface area contributed by atoms with Gasteiger partial charge < -0.3 is 10.1 Å². The summed E-state index contributed by atoms with van der Waals surface area (Å²) in [4.78, 5) is 0. The highest BCUT2D eigenvalue weighted by Gasteiger charge is 2.11. The van der Waals surface area contributed by atoms with E-state index in [9.17, 15) is 0 Å². The van der Waals surface area contributed by atoms with Crippen LogP contribution in [-0.4, -0.2) is 22.9 Å². The number of aryl methyl sites for hydroxylation is 1. The summed E-state index contributed by atoms with van der Waals surface area (Å²) >= 11 is 3.49. The fraction of sp³-hybridized carbons (Fsp3) is 0.267. The summed E-state index contributed by atoms with van der Waals surface area (Å²) in [6, 6.07) is 6.07. The van der Waals surface area contributed by atoms with Gasteiger partial charge in [0, 0.05) is 41.9 Å². The lowest BCUT2D eigenvalue weighted by Gasteiger charge is -2.18. The van der Waals surface area contributed by atoms with Gasteiger partial charge in [0.15, 0.2) is 0 Å². The summed E-state index contributed by atoms with van der Waals surface area (Å²) in [5.41, 5.74) is 3.57. The molecule has 0 fully saturated rings. The van der Waals surface area contributed by atoms with Crippen molar-refractivity contribution >= 4 is 22.0 Å². The van der Waals surface area contributed by atoms with Crippen LogP contribution in [0.3, 0.4) is 0 Å². The van der Waals surface area contributed by atoms with Crippen molar-refractivity contribution in [2.45, 2.75) is 6.54 Å². The Morgan fingerprint density at radius 3 is 3.10 bits per heavy atom. The standard InChI is InChI=1S/C15H16BrN3O/c1-19-9-12(8-18-19)7-17-6-11-4-13-5-14(16)2-3-15(13)20-10-11/h2-5,8-9,17H,6-7,10H2,1H3. The summed E-state index contributed by atoms with van der Waals surface area (Å²) in [5, 5.41) is 7.57.